The fourth-order valence-corrected chi connectivity index (χ4v) is 4.77. The average Bonchev–Trinajstić information content (AvgIpc) is 3.38. The van der Waals surface area contributed by atoms with Crippen LogP contribution >= 0.6 is 0 Å². The van der Waals surface area contributed by atoms with Gasteiger partial charge in [0.15, 0.2) is 5.78 Å². The molecule has 1 aromatic heterocycles. The van der Waals surface area contributed by atoms with E-state index in [4.69, 9.17) is 4.42 Å². The van der Waals surface area contributed by atoms with Crippen molar-refractivity contribution in [3.63, 3.8) is 0 Å². The molecule has 1 saturated heterocycles. The lowest BCUT2D eigenvalue weighted by molar-refractivity contribution is -0.110. The van der Waals surface area contributed by atoms with Crippen LogP contribution in [0.4, 0.5) is 10.1 Å². The van der Waals surface area contributed by atoms with E-state index in [0.29, 0.717) is 46.2 Å². The molecular weight excluding hydrogens is 419 g/mol. The molecule has 6 heteroatoms. The minimum absolute atomic E-state index is 0.113. The molecule has 2 aliphatic rings. The fraction of sp³-hybridized carbons (Fsp3) is 0.259. The van der Waals surface area contributed by atoms with Crippen LogP contribution in [-0.2, 0) is 4.79 Å². The van der Waals surface area contributed by atoms with Gasteiger partial charge in [0, 0.05) is 35.3 Å². The third-order valence-corrected chi connectivity index (χ3v) is 6.37. The number of rotatable bonds is 5. The molecule has 1 amide bonds. The number of carbonyl (C=O) groups is 2. The van der Waals surface area contributed by atoms with Crippen LogP contribution < -0.4 is 5.32 Å². The van der Waals surface area contributed by atoms with Gasteiger partial charge < -0.3 is 14.6 Å². The standard InChI is InChI=1S/C27H25FN2O3/c1-30-12-4-5-17(16-30)13-25(31)20-6-2-3-7-21(20)26-11-9-19(33-26)15-23-22-14-18(28)8-10-24(22)29-27(23)32/h2-3,6-11,14-15,17H,4-5,12-13,16H2,1H3,(H,29,32)/b23-15+. The maximum absolute atomic E-state index is 13.7. The minimum Gasteiger partial charge on any atom is -0.457 e. The summed E-state index contributed by atoms with van der Waals surface area (Å²) in [7, 11) is 2.10. The molecule has 5 nitrogen and oxygen atoms in total. The van der Waals surface area contributed by atoms with Crippen molar-refractivity contribution in [3.8, 4) is 11.3 Å². The normalized spacial score (nSPS) is 19.5. The molecule has 0 radical (unpaired) electrons. The van der Waals surface area contributed by atoms with Gasteiger partial charge in [0.05, 0.1) is 5.57 Å². The lowest BCUT2D eigenvalue weighted by Gasteiger charge is -2.29. The lowest BCUT2D eigenvalue weighted by atomic mass is 9.89. The Balaban J connectivity index is 1.41. The Morgan fingerprint density at radius 3 is 2.88 bits per heavy atom. The molecule has 0 saturated carbocycles. The van der Waals surface area contributed by atoms with Gasteiger partial charge in [-0.05, 0) is 68.8 Å². The van der Waals surface area contributed by atoms with E-state index in [9.17, 15) is 14.0 Å². The molecule has 0 spiro atoms. The predicted octanol–water partition coefficient (Wildman–Crippen LogP) is 5.49. The number of Topliss-reactive ketones (excluding diaryl/α,β-unsaturated/α-hetero) is 1. The molecule has 1 fully saturated rings. The zero-order chi connectivity index (χ0) is 22.9. The molecule has 3 aromatic rings. The van der Waals surface area contributed by atoms with Crippen molar-refractivity contribution < 1.29 is 18.4 Å². The number of benzene rings is 2. The Morgan fingerprint density at radius 1 is 1.18 bits per heavy atom. The number of ketones is 1. The monoisotopic (exact) mass is 444 g/mol. The highest BCUT2D eigenvalue weighted by Gasteiger charge is 2.26. The summed E-state index contributed by atoms with van der Waals surface area (Å²) < 4.78 is 19.7. The zero-order valence-corrected chi connectivity index (χ0v) is 18.4. The molecule has 2 aromatic carbocycles. The molecule has 2 aliphatic heterocycles. The molecular formula is C27H25FN2O3. The van der Waals surface area contributed by atoms with Crippen LogP contribution in [0.1, 0.15) is 40.9 Å². The van der Waals surface area contributed by atoms with E-state index >= 15 is 0 Å². The van der Waals surface area contributed by atoms with Crippen LogP contribution in [0, 0.1) is 11.7 Å². The van der Waals surface area contributed by atoms with Crippen LogP contribution in [0.3, 0.4) is 0 Å². The molecule has 33 heavy (non-hydrogen) atoms. The summed E-state index contributed by atoms with van der Waals surface area (Å²) in [5, 5.41) is 2.74. The first-order valence-electron chi connectivity index (χ1n) is 11.2. The van der Waals surface area contributed by atoms with E-state index in [-0.39, 0.29) is 11.7 Å². The second-order valence-electron chi connectivity index (χ2n) is 8.85. The molecule has 3 heterocycles. The Bertz CT molecular complexity index is 1260. The van der Waals surface area contributed by atoms with Gasteiger partial charge in [-0.15, -0.1) is 0 Å². The van der Waals surface area contributed by atoms with Crippen molar-refractivity contribution in [2.24, 2.45) is 5.92 Å². The van der Waals surface area contributed by atoms with Crippen molar-refractivity contribution in [3.05, 3.63) is 77.3 Å². The third-order valence-electron chi connectivity index (χ3n) is 6.37. The van der Waals surface area contributed by atoms with E-state index in [0.717, 1.165) is 31.5 Å². The van der Waals surface area contributed by atoms with Crippen LogP contribution in [0.2, 0.25) is 0 Å². The molecule has 168 valence electrons. The number of carbonyl (C=O) groups excluding carboxylic acids is 2. The van der Waals surface area contributed by atoms with Crippen molar-refractivity contribution in [2.45, 2.75) is 19.3 Å². The number of nitrogens with zero attached hydrogens (tertiary/aromatic N) is 1. The van der Waals surface area contributed by atoms with Gasteiger partial charge in [-0.1, -0.05) is 24.3 Å². The summed E-state index contributed by atoms with van der Waals surface area (Å²) in [5.41, 5.74) is 2.80. The largest absolute Gasteiger partial charge is 0.457 e. The number of hydrogen-bond donors (Lipinski definition) is 1. The second kappa shape index (κ2) is 8.79. The van der Waals surface area contributed by atoms with Crippen LogP contribution in [0.25, 0.3) is 23.0 Å². The van der Waals surface area contributed by atoms with E-state index < -0.39 is 5.82 Å². The molecule has 0 aliphatic carbocycles. The van der Waals surface area contributed by atoms with Crippen molar-refractivity contribution in [2.75, 3.05) is 25.5 Å². The number of hydrogen-bond acceptors (Lipinski definition) is 4. The highest BCUT2D eigenvalue weighted by molar-refractivity contribution is 6.34. The summed E-state index contributed by atoms with van der Waals surface area (Å²) in [6, 6.07) is 15.2. The molecule has 1 atom stereocenters. The van der Waals surface area contributed by atoms with E-state index in [1.54, 1.807) is 24.3 Å². The first kappa shape index (κ1) is 21.3. The number of anilines is 1. The van der Waals surface area contributed by atoms with Gasteiger partial charge in [-0.2, -0.15) is 0 Å². The number of halogens is 1. The van der Waals surface area contributed by atoms with Gasteiger partial charge in [-0.3, -0.25) is 9.59 Å². The number of nitrogens with one attached hydrogen (secondary N) is 1. The zero-order valence-electron chi connectivity index (χ0n) is 18.4. The van der Waals surface area contributed by atoms with Crippen molar-refractivity contribution >= 4 is 29.0 Å². The van der Waals surface area contributed by atoms with Gasteiger partial charge in [0.25, 0.3) is 5.91 Å². The summed E-state index contributed by atoms with van der Waals surface area (Å²) >= 11 is 0. The van der Waals surface area contributed by atoms with E-state index in [1.165, 1.54) is 12.1 Å². The minimum atomic E-state index is -0.409. The smallest absolute Gasteiger partial charge is 0.256 e. The lowest BCUT2D eigenvalue weighted by Crippen LogP contribution is -2.33. The van der Waals surface area contributed by atoms with E-state index in [1.807, 2.05) is 24.3 Å². The summed E-state index contributed by atoms with van der Waals surface area (Å²) in [6.07, 6.45) is 4.31. The first-order valence-corrected chi connectivity index (χ1v) is 11.2. The van der Waals surface area contributed by atoms with Gasteiger partial charge in [-0.25, -0.2) is 4.39 Å². The van der Waals surface area contributed by atoms with Gasteiger partial charge in [0.2, 0.25) is 0 Å². The number of amides is 1. The SMILES string of the molecule is CN1CCCC(CC(=O)c2ccccc2-c2ccc(/C=C3/C(=O)Nc4ccc(F)cc43)o2)C1. The number of fused-ring (bicyclic) bond motifs is 1. The number of furan rings is 1. The highest BCUT2D eigenvalue weighted by atomic mass is 19.1. The van der Waals surface area contributed by atoms with Crippen LogP contribution in [-0.4, -0.2) is 36.7 Å². The Kier molecular flexibility index (Phi) is 5.68. The highest BCUT2D eigenvalue weighted by Crippen LogP contribution is 2.35. The number of piperidine rings is 1. The Labute approximate surface area is 191 Å². The van der Waals surface area contributed by atoms with Crippen LogP contribution in [0.5, 0.6) is 0 Å². The maximum atomic E-state index is 13.7. The summed E-state index contributed by atoms with van der Waals surface area (Å²) in [4.78, 5) is 27.8. The molecule has 1 N–H and O–H groups in total. The quantitative estimate of drug-likeness (QED) is 0.417. The first-order chi connectivity index (χ1) is 16.0. The van der Waals surface area contributed by atoms with Gasteiger partial charge in [0.1, 0.15) is 17.3 Å². The number of likely N-dealkylation sites (tertiary alicyclic amines) is 1. The fourth-order valence-electron chi connectivity index (χ4n) is 4.77. The maximum Gasteiger partial charge on any atom is 0.256 e. The van der Waals surface area contributed by atoms with Crippen LogP contribution in [0.15, 0.2) is 59.0 Å². The van der Waals surface area contributed by atoms with E-state index in [2.05, 4.69) is 17.3 Å². The summed E-state index contributed by atoms with van der Waals surface area (Å²) in [5.74, 6) is 0.784. The van der Waals surface area contributed by atoms with Gasteiger partial charge >= 0.3 is 0 Å². The topological polar surface area (TPSA) is 62.6 Å². The molecule has 5 rings (SSSR count). The Hall–Kier alpha value is -3.51. The Morgan fingerprint density at radius 2 is 2.03 bits per heavy atom. The second-order valence-corrected chi connectivity index (χ2v) is 8.85. The molecule has 0 bridgehead atoms. The molecule has 1 unspecified atom stereocenters. The third kappa shape index (κ3) is 4.39. The summed E-state index contributed by atoms with van der Waals surface area (Å²) in [6.45, 7) is 2.03. The average molecular weight is 445 g/mol. The van der Waals surface area contributed by atoms with Crippen molar-refractivity contribution in [1.29, 1.82) is 0 Å². The predicted molar refractivity (Wildman–Crippen MR) is 126 cm³/mol. The van der Waals surface area contributed by atoms with Crippen molar-refractivity contribution in [1.82, 2.24) is 4.90 Å².